The molecule has 2 atom stereocenters. The molecule has 0 rings (SSSR count). The Morgan fingerprint density at radius 2 is 0.667 bits per heavy atom. The van der Waals surface area contributed by atoms with Crippen LogP contribution in [-0.4, -0.2) is 82.3 Å². The molecule has 0 aliphatic heterocycles. The van der Waals surface area contributed by atoms with Crippen LogP contribution in [0.2, 0.25) is 0 Å². The Morgan fingerprint density at radius 1 is 0.370 bits per heavy atom. The molecule has 0 saturated heterocycles. The molecule has 0 aromatic rings. The lowest BCUT2D eigenvalue weighted by atomic mass is 10.0. The third kappa shape index (κ3) is 62.9. The lowest BCUT2D eigenvalue weighted by Gasteiger charge is -2.26. The molecule has 0 aliphatic rings. The molecule has 0 aliphatic carbocycles. The minimum Gasteiger partial charge on any atom is -0.545 e. The molecule has 460 valence electrons. The Balaban J connectivity index is 4.22. The summed E-state index contributed by atoms with van der Waals surface area (Å²) in [5, 5.41) is 11.8. The first-order valence-electron chi connectivity index (χ1n) is 32.3. The maximum absolute atomic E-state index is 12.9. The summed E-state index contributed by atoms with van der Waals surface area (Å²) in [5.74, 6) is -2.34. The number of allylic oxidation sites excluding steroid dienone is 22. The zero-order chi connectivity index (χ0) is 59.1. The van der Waals surface area contributed by atoms with Gasteiger partial charge in [-0.25, -0.2) is 0 Å². The highest BCUT2D eigenvalue weighted by atomic mass is 16.7. The number of likely N-dealkylation sites (N-methyl/N-ethyl adjacent to an activating group) is 1. The van der Waals surface area contributed by atoms with Crippen molar-refractivity contribution in [2.24, 2.45) is 0 Å². The molecule has 0 aromatic heterocycles. The van der Waals surface area contributed by atoms with E-state index in [0.717, 1.165) is 109 Å². The van der Waals surface area contributed by atoms with Crippen molar-refractivity contribution in [3.05, 3.63) is 134 Å². The molecular weight excluding hydrogens is 1010 g/mol. The Kier molecular flexibility index (Phi) is 58.0. The van der Waals surface area contributed by atoms with Gasteiger partial charge < -0.3 is 33.3 Å². The first-order valence-corrected chi connectivity index (χ1v) is 32.3. The van der Waals surface area contributed by atoms with E-state index in [-0.39, 0.29) is 38.6 Å². The van der Waals surface area contributed by atoms with Crippen molar-refractivity contribution in [1.82, 2.24) is 0 Å². The number of rotatable bonds is 58. The third-order valence-corrected chi connectivity index (χ3v) is 13.4. The third-order valence-electron chi connectivity index (χ3n) is 13.4. The molecule has 0 radical (unpaired) electrons. The number of unbranched alkanes of at least 4 members (excludes halogenated alkanes) is 21. The second kappa shape index (κ2) is 61.5. The highest BCUT2D eigenvalue weighted by Gasteiger charge is 2.22. The Hall–Kier alpha value is -4.57. The molecule has 0 N–H and O–H groups in total. The summed E-state index contributed by atoms with van der Waals surface area (Å²) in [6.07, 6.45) is 85.2. The highest BCUT2D eigenvalue weighted by molar-refractivity contribution is 5.70. The van der Waals surface area contributed by atoms with Crippen LogP contribution in [0.4, 0.5) is 0 Å². The number of hydrogen-bond donors (Lipinski definition) is 0. The standard InChI is InChI=1S/C72H119NO8/c1-6-8-10-12-14-16-18-20-22-24-26-28-30-32-33-34-35-36-37-39-40-42-44-46-48-50-52-54-56-58-60-62-69(74)79-66-68(67-80-72(71(76)77)78-65-64-73(3,4)5)81-70(75)63-61-59-57-55-53-51-49-47-45-43-41-38-31-29-27-25-23-21-19-17-15-13-11-9-7-2/h8-11,14-17,20-23,26-29,38,41,45,47,51,53,68,72H,6-7,12-13,18-19,24-25,30-37,39-40,42-44,46,48-50,52,54-67H2,1-5H3/b10-8-,11-9-,16-14-,17-15-,22-20-,23-21-,28-26-,29-27-,41-38-,47-45-,53-51-. The molecule has 0 fully saturated rings. The normalized spacial score (nSPS) is 13.6. The molecule has 0 bridgehead atoms. The summed E-state index contributed by atoms with van der Waals surface area (Å²) in [5.41, 5.74) is 0. The first-order chi connectivity index (χ1) is 39.6. The molecule has 9 heteroatoms. The van der Waals surface area contributed by atoms with Crippen molar-refractivity contribution >= 4 is 17.9 Å². The SMILES string of the molecule is CC/C=C\C/C=C\C/C=C\C/C=C\C/C=C\C/C=C\C/C=C\CCCCCC(=O)OC(COC(=O)CCCCCCCCCCCCCCCCCCCC/C=C\C/C=C\C/C=C\C/C=C\CC)COC(OCC[N+](C)(C)C)C(=O)[O-]. The van der Waals surface area contributed by atoms with Gasteiger partial charge in [0.1, 0.15) is 13.2 Å². The van der Waals surface area contributed by atoms with Gasteiger partial charge in [0.05, 0.1) is 40.3 Å². The van der Waals surface area contributed by atoms with Crippen LogP contribution in [0, 0.1) is 0 Å². The van der Waals surface area contributed by atoms with E-state index in [2.05, 4.69) is 148 Å². The molecule has 81 heavy (non-hydrogen) atoms. The van der Waals surface area contributed by atoms with Crippen molar-refractivity contribution < 1.29 is 42.9 Å². The van der Waals surface area contributed by atoms with Gasteiger partial charge in [-0.05, 0) is 109 Å². The number of esters is 2. The van der Waals surface area contributed by atoms with Gasteiger partial charge in [0.2, 0.25) is 0 Å². The van der Waals surface area contributed by atoms with Crippen molar-refractivity contribution in [3.63, 3.8) is 0 Å². The summed E-state index contributed by atoms with van der Waals surface area (Å²) in [4.78, 5) is 37.4. The van der Waals surface area contributed by atoms with Crippen molar-refractivity contribution in [1.29, 1.82) is 0 Å². The van der Waals surface area contributed by atoms with Crippen molar-refractivity contribution in [2.45, 2.75) is 257 Å². The van der Waals surface area contributed by atoms with Gasteiger partial charge in [-0.3, -0.25) is 9.59 Å². The minimum absolute atomic E-state index is 0.135. The molecule has 0 saturated carbocycles. The fraction of sp³-hybridized carbons (Fsp3) is 0.653. The zero-order valence-corrected chi connectivity index (χ0v) is 52.4. The molecule has 9 nitrogen and oxygen atoms in total. The summed E-state index contributed by atoms with van der Waals surface area (Å²) in [6.45, 7) is 4.48. The summed E-state index contributed by atoms with van der Waals surface area (Å²) >= 11 is 0. The van der Waals surface area contributed by atoms with Crippen molar-refractivity contribution in [2.75, 3.05) is 47.5 Å². The number of aliphatic carboxylic acids is 1. The molecule has 0 aromatic carbocycles. The minimum atomic E-state index is -1.64. The van der Waals surface area contributed by atoms with Crippen LogP contribution < -0.4 is 5.11 Å². The number of ether oxygens (including phenoxy) is 4. The van der Waals surface area contributed by atoms with E-state index in [4.69, 9.17) is 18.9 Å². The second-order valence-corrected chi connectivity index (χ2v) is 22.3. The average Bonchev–Trinajstić information content (AvgIpc) is 3.44. The van der Waals surface area contributed by atoms with E-state index >= 15 is 0 Å². The Bertz CT molecular complexity index is 1790. The number of carbonyl (C=O) groups is 3. The van der Waals surface area contributed by atoms with E-state index in [9.17, 15) is 19.5 Å². The fourth-order valence-corrected chi connectivity index (χ4v) is 8.51. The summed E-state index contributed by atoms with van der Waals surface area (Å²) in [7, 11) is 5.91. The molecule has 0 spiro atoms. The lowest BCUT2D eigenvalue weighted by molar-refractivity contribution is -0.870. The van der Waals surface area contributed by atoms with Crippen LogP contribution in [0.5, 0.6) is 0 Å². The molecule has 2 unspecified atom stereocenters. The van der Waals surface area contributed by atoms with Crippen LogP contribution in [0.3, 0.4) is 0 Å². The monoisotopic (exact) mass is 1130 g/mol. The predicted molar refractivity (Wildman–Crippen MR) is 343 cm³/mol. The quantitative estimate of drug-likeness (QED) is 0.0195. The highest BCUT2D eigenvalue weighted by Crippen LogP contribution is 2.16. The molecule has 0 amide bonds. The summed E-state index contributed by atoms with van der Waals surface area (Å²) in [6, 6.07) is 0. The fourth-order valence-electron chi connectivity index (χ4n) is 8.51. The van der Waals surface area contributed by atoms with Gasteiger partial charge in [0.25, 0.3) is 0 Å². The van der Waals surface area contributed by atoms with Gasteiger partial charge in [-0.15, -0.1) is 0 Å². The van der Waals surface area contributed by atoms with Crippen LogP contribution in [0.15, 0.2) is 134 Å². The van der Waals surface area contributed by atoms with Crippen LogP contribution in [-0.2, 0) is 33.3 Å². The van der Waals surface area contributed by atoms with Crippen molar-refractivity contribution in [3.8, 4) is 0 Å². The number of nitrogens with zero attached hydrogens (tertiary/aromatic N) is 1. The van der Waals surface area contributed by atoms with E-state index in [0.29, 0.717) is 17.4 Å². The van der Waals surface area contributed by atoms with Crippen LogP contribution in [0.25, 0.3) is 0 Å². The number of hydrogen-bond acceptors (Lipinski definition) is 8. The summed E-state index contributed by atoms with van der Waals surface area (Å²) < 4.78 is 22.7. The topological polar surface area (TPSA) is 111 Å². The number of carbonyl (C=O) groups excluding carboxylic acids is 3. The van der Waals surface area contributed by atoms with E-state index < -0.39 is 24.3 Å². The Labute approximate surface area is 497 Å². The number of carboxylic acids is 1. The molecular formula is C72H119NO8. The largest absolute Gasteiger partial charge is 0.545 e. The second-order valence-electron chi connectivity index (χ2n) is 22.3. The van der Waals surface area contributed by atoms with Gasteiger partial charge in [-0.1, -0.05) is 257 Å². The van der Waals surface area contributed by atoms with Gasteiger partial charge in [0.15, 0.2) is 12.4 Å². The maximum atomic E-state index is 12.9. The lowest BCUT2D eigenvalue weighted by Crippen LogP contribution is -2.44. The van der Waals surface area contributed by atoms with Gasteiger partial charge in [0, 0.05) is 12.8 Å². The predicted octanol–water partition coefficient (Wildman–Crippen LogP) is 18.5. The number of quaternary nitrogens is 1. The van der Waals surface area contributed by atoms with E-state index in [1.165, 1.54) is 103 Å². The van der Waals surface area contributed by atoms with Crippen LogP contribution in [0.1, 0.15) is 245 Å². The number of carboxylic acid groups (broad SMARTS) is 1. The van der Waals surface area contributed by atoms with Gasteiger partial charge >= 0.3 is 11.9 Å². The average molecular weight is 1130 g/mol. The smallest absolute Gasteiger partial charge is 0.306 e. The Morgan fingerprint density at radius 3 is 1.00 bits per heavy atom. The van der Waals surface area contributed by atoms with Crippen LogP contribution >= 0.6 is 0 Å². The van der Waals surface area contributed by atoms with E-state index in [1.807, 2.05) is 21.1 Å². The first kappa shape index (κ1) is 76.4. The molecule has 0 heterocycles. The maximum Gasteiger partial charge on any atom is 0.306 e. The zero-order valence-electron chi connectivity index (χ0n) is 52.4. The van der Waals surface area contributed by atoms with E-state index in [1.54, 1.807) is 0 Å². The van der Waals surface area contributed by atoms with Gasteiger partial charge in [-0.2, -0.15) is 0 Å².